The van der Waals surface area contributed by atoms with Crippen molar-refractivity contribution in [2.45, 2.75) is 26.0 Å². The van der Waals surface area contributed by atoms with Gasteiger partial charge in [0.2, 0.25) is 5.91 Å². The first-order valence-electron chi connectivity index (χ1n) is 9.44. The number of benzene rings is 2. The van der Waals surface area contributed by atoms with Crippen LogP contribution < -0.4 is 14.4 Å². The molecule has 4 rings (SSSR count). The quantitative estimate of drug-likeness (QED) is 0.652. The second-order valence-electron chi connectivity index (χ2n) is 6.77. The minimum atomic E-state index is -0.567. The van der Waals surface area contributed by atoms with Crippen molar-refractivity contribution in [3.8, 4) is 5.75 Å². The zero-order valence-corrected chi connectivity index (χ0v) is 16.8. The molecule has 2 aromatic carbocycles. The Bertz CT molecular complexity index is 1090. The number of amides is 2. The molecule has 0 saturated heterocycles. The van der Waals surface area contributed by atoms with E-state index in [1.54, 1.807) is 11.8 Å². The lowest BCUT2D eigenvalue weighted by Crippen LogP contribution is -2.45. The number of fused-ring (bicyclic) bond motifs is 1. The lowest BCUT2D eigenvalue weighted by molar-refractivity contribution is -0.125. The monoisotopic (exact) mass is 407 g/mol. The number of aromatic nitrogens is 1. The number of carbonyl (C=O) groups excluding carboxylic acids is 2. The molecule has 0 spiro atoms. The zero-order valence-electron chi connectivity index (χ0n) is 16.0. The summed E-state index contributed by atoms with van der Waals surface area (Å²) in [5, 5.41) is 1.92. The average molecular weight is 407 g/mol. The Balaban J connectivity index is 1.47. The maximum absolute atomic E-state index is 12.5. The molecule has 148 valence electrons. The van der Waals surface area contributed by atoms with Gasteiger partial charge in [-0.15, -0.1) is 11.3 Å². The third-order valence-corrected chi connectivity index (χ3v) is 5.49. The Morgan fingerprint density at radius 3 is 2.72 bits per heavy atom. The lowest BCUT2D eigenvalue weighted by atomic mass is 10.1. The van der Waals surface area contributed by atoms with Gasteiger partial charge < -0.3 is 14.2 Å². The normalized spacial score (nSPS) is 16.4. The van der Waals surface area contributed by atoms with Gasteiger partial charge in [-0.25, -0.2) is 0 Å². The van der Waals surface area contributed by atoms with Crippen LogP contribution in [-0.2, 0) is 16.1 Å². The second kappa shape index (κ2) is 8.45. The van der Waals surface area contributed by atoms with Crippen LogP contribution >= 0.6 is 11.3 Å². The summed E-state index contributed by atoms with van der Waals surface area (Å²) in [7, 11) is 0. The van der Waals surface area contributed by atoms with E-state index < -0.39 is 6.10 Å². The average Bonchev–Trinajstić information content (AvgIpc) is 3.15. The number of ether oxygens (including phenoxy) is 1. The van der Waals surface area contributed by atoms with Gasteiger partial charge >= 0.3 is 0 Å². The third-order valence-electron chi connectivity index (χ3n) is 4.70. The van der Waals surface area contributed by atoms with Crippen molar-refractivity contribution < 1.29 is 14.3 Å². The van der Waals surface area contributed by atoms with E-state index in [4.69, 9.17) is 4.74 Å². The lowest BCUT2D eigenvalue weighted by Gasteiger charge is -2.32. The van der Waals surface area contributed by atoms with Crippen LogP contribution in [0.4, 0.5) is 5.69 Å². The van der Waals surface area contributed by atoms with Crippen molar-refractivity contribution in [3.05, 3.63) is 76.5 Å². The largest absolute Gasteiger partial charge is 0.479 e. The third kappa shape index (κ3) is 4.30. The number of nitrogens with zero attached hydrogens (tertiary/aromatic N) is 3. The van der Waals surface area contributed by atoms with Gasteiger partial charge in [-0.3, -0.25) is 9.59 Å². The standard InChI is InChI=1S/C22H21N3O3S/c1-16-21(27)25(18-9-5-6-10-19(18)28-16)12-11-20(26)23-22-24(13-14-29-22)15-17-7-3-2-4-8-17/h2-10,13-14,16H,11-12,15H2,1H3. The molecule has 1 aliphatic heterocycles. The van der Waals surface area contributed by atoms with Crippen molar-refractivity contribution in [3.63, 3.8) is 0 Å². The first-order chi connectivity index (χ1) is 14.1. The molecule has 0 fully saturated rings. The van der Waals surface area contributed by atoms with Gasteiger partial charge in [0.1, 0.15) is 5.75 Å². The van der Waals surface area contributed by atoms with Crippen molar-refractivity contribution in [1.82, 2.24) is 4.57 Å². The predicted octanol–water partition coefficient (Wildman–Crippen LogP) is 3.23. The summed E-state index contributed by atoms with van der Waals surface area (Å²) in [6, 6.07) is 17.4. The Morgan fingerprint density at radius 2 is 1.90 bits per heavy atom. The summed E-state index contributed by atoms with van der Waals surface area (Å²) < 4.78 is 7.59. The van der Waals surface area contributed by atoms with E-state index in [1.807, 2.05) is 70.7 Å². The maximum atomic E-state index is 12.5. The van der Waals surface area contributed by atoms with Gasteiger partial charge in [0.25, 0.3) is 5.91 Å². The molecule has 1 atom stereocenters. The van der Waals surface area contributed by atoms with E-state index in [0.29, 0.717) is 22.8 Å². The number of para-hydroxylation sites is 2. The summed E-state index contributed by atoms with van der Waals surface area (Å²) in [6.07, 6.45) is 1.51. The van der Waals surface area contributed by atoms with Gasteiger partial charge in [0, 0.05) is 31.1 Å². The van der Waals surface area contributed by atoms with Gasteiger partial charge in [0.05, 0.1) is 5.69 Å². The molecule has 3 aromatic rings. The maximum Gasteiger partial charge on any atom is 0.267 e. The van der Waals surface area contributed by atoms with Crippen molar-refractivity contribution in [2.75, 3.05) is 11.4 Å². The highest BCUT2D eigenvalue weighted by molar-refractivity contribution is 7.07. The topological polar surface area (TPSA) is 63.9 Å². The Labute approximate surface area is 172 Å². The first-order valence-corrected chi connectivity index (χ1v) is 10.3. The molecular weight excluding hydrogens is 386 g/mol. The number of carbonyl (C=O) groups is 2. The van der Waals surface area contributed by atoms with Crippen LogP contribution in [0.15, 0.2) is 71.2 Å². The molecule has 0 bridgehead atoms. The van der Waals surface area contributed by atoms with Crippen LogP contribution in [0, 0.1) is 0 Å². The molecule has 7 heteroatoms. The van der Waals surface area contributed by atoms with Gasteiger partial charge in [-0.2, -0.15) is 4.99 Å². The molecule has 0 N–H and O–H groups in total. The van der Waals surface area contributed by atoms with E-state index in [9.17, 15) is 9.59 Å². The smallest absolute Gasteiger partial charge is 0.267 e. The molecular formula is C22H21N3O3S. The molecule has 0 radical (unpaired) electrons. The van der Waals surface area contributed by atoms with E-state index in [-0.39, 0.29) is 24.8 Å². The minimum Gasteiger partial charge on any atom is -0.479 e. The summed E-state index contributed by atoms with van der Waals surface area (Å²) in [5.74, 6) is 0.258. The molecule has 1 unspecified atom stereocenters. The van der Waals surface area contributed by atoms with Crippen LogP contribution in [-0.4, -0.2) is 29.0 Å². The summed E-state index contributed by atoms with van der Waals surface area (Å²) in [6.45, 7) is 2.65. The SMILES string of the molecule is CC1Oc2ccccc2N(CCC(=O)N=c2sccn2Cc2ccccc2)C1=O. The number of hydrogen-bond acceptors (Lipinski definition) is 4. The van der Waals surface area contributed by atoms with E-state index in [2.05, 4.69) is 4.99 Å². The molecule has 6 nitrogen and oxygen atoms in total. The molecule has 29 heavy (non-hydrogen) atoms. The molecule has 1 aliphatic rings. The molecule has 0 aliphatic carbocycles. The predicted molar refractivity (Wildman–Crippen MR) is 112 cm³/mol. The van der Waals surface area contributed by atoms with Gasteiger partial charge in [-0.1, -0.05) is 42.5 Å². The van der Waals surface area contributed by atoms with Crippen LogP contribution in [0.5, 0.6) is 5.75 Å². The van der Waals surface area contributed by atoms with E-state index in [0.717, 1.165) is 5.56 Å². The number of anilines is 1. The van der Waals surface area contributed by atoms with Crippen molar-refractivity contribution >= 4 is 28.8 Å². The summed E-state index contributed by atoms with van der Waals surface area (Å²) >= 11 is 1.42. The highest BCUT2D eigenvalue weighted by atomic mass is 32.1. The van der Waals surface area contributed by atoms with Crippen LogP contribution in [0.2, 0.25) is 0 Å². The Kier molecular flexibility index (Phi) is 5.57. The fraction of sp³-hybridized carbons (Fsp3) is 0.227. The van der Waals surface area contributed by atoms with Crippen LogP contribution in [0.1, 0.15) is 18.9 Å². The Hall–Kier alpha value is -3.19. The molecule has 2 amide bonds. The number of rotatable bonds is 5. The highest BCUT2D eigenvalue weighted by Crippen LogP contribution is 2.33. The fourth-order valence-corrected chi connectivity index (χ4v) is 3.99. The zero-order chi connectivity index (χ0) is 20.2. The molecule has 1 aromatic heterocycles. The highest BCUT2D eigenvalue weighted by Gasteiger charge is 2.31. The number of hydrogen-bond donors (Lipinski definition) is 0. The van der Waals surface area contributed by atoms with E-state index in [1.165, 1.54) is 11.3 Å². The fourth-order valence-electron chi connectivity index (χ4n) is 3.25. The van der Waals surface area contributed by atoms with Crippen molar-refractivity contribution in [2.24, 2.45) is 4.99 Å². The minimum absolute atomic E-state index is 0.147. The van der Waals surface area contributed by atoms with Gasteiger partial charge in [-0.05, 0) is 24.6 Å². The number of thiazole rings is 1. The van der Waals surface area contributed by atoms with Crippen molar-refractivity contribution in [1.29, 1.82) is 0 Å². The van der Waals surface area contributed by atoms with E-state index >= 15 is 0 Å². The molecule has 2 heterocycles. The second-order valence-corrected chi connectivity index (χ2v) is 7.65. The van der Waals surface area contributed by atoms with Crippen LogP contribution in [0.25, 0.3) is 0 Å². The molecule has 0 saturated carbocycles. The Morgan fingerprint density at radius 1 is 1.14 bits per heavy atom. The summed E-state index contributed by atoms with van der Waals surface area (Å²) in [5.41, 5.74) is 1.84. The summed E-state index contributed by atoms with van der Waals surface area (Å²) in [4.78, 5) is 31.6. The van der Waals surface area contributed by atoms with Crippen LogP contribution in [0.3, 0.4) is 0 Å². The first kappa shape index (κ1) is 19.1. The van der Waals surface area contributed by atoms with Gasteiger partial charge in [0.15, 0.2) is 10.9 Å².